The molecule has 0 fully saturated rings. The topological polar surface area (TPSA) is 17.1 Å². The molecule has 1 aromatic rings. The molecule has 0 aromatic heterocycles. The number of benzene rings is 1. The molecule has 1 aromatic carbocycles. The zero-order chi connectivity index (χ0) is 8.81. The first kappa shape index (κ1) is 9.78. The molecule has 64 valence electrons. The van der Waals surface area contributed by atoms with Crippen molar-refractivity contribution < 1.29 is 4.79 Å². The van der Waals surface area contributed by atoms with Gasteiger partial charge in [0, 0.05) is 0 Å². The van der Waals surface area contributed by atoms with Crippen LogP contribution in [-0.2, 0) is 4.79 Å². The zero-order valence-electron chi connectivity index (χ0n) is 6.44. The summed E-state index contributed by atoms with van der Waals surface area (Å²) in [4.78, 5) is 10.2. The molecular formula is C9H9ClOSe. The number of carbonyl (C=O) groups excluding carboxylic acids is 1. The number of aldehydes is 1. The first-order valence-corrected chi connectivity index (χ1v) is 6.10. The molecule has 1 atom stereocenters. The summed E-state index contributed by atoms with van der Waals surface area (Å²) in [5.41, 5.74) is 0. The van der Waals surface area contributed by atoms with E-state index in [4.69, 9.17) is 11.6 Å². The van der Waals surface area contributed by atoms with Gasteiger partial charge in [0.25, 0.3) is 0 Å². The van der Waals surface area contributed by atoms with Crippen molar-refractivity contribution in [3.05, 3.63) is 30.3 Å². The van der Waals surface area contributed by atoms with Gasteiger partial charge in [0.1, 0.15) is 0 Å². The Morgan fingerprint density at radius 3 is 2.67 bits per heavy atom. The third kappa shape index (κ3) is 3.40. The SMILES string of the molecule is O=CC(Cl)C[Se]c1ccccc1. The molecule has 0 radical (unpaired) electrons. The minimum absolute atomic E-state index is 0.315. The second-order valence-corrected chi connectivity index (χ2v) is 5.13. The van der Waals surface area contributed by atoms with Crippen LogP contribution < -0.4 is 4.46 Å². The van der Waals surface area contributed by atoms with Gasteiger partial charge in [-0.1, -0.05) is 0 Å². The van der Waals surface area contributed by atoms with E-state index in [0.717, 1.165) is 11.6 Å². The maximum atomic E-state index is 10.2. The summed E-state index contributed by atoms with van der Waals surface area (Å²) in [6.07, 6.45) is 0.798. The van der Waals surface area contributed by atoms with Crippen molar-refractivity contribution in [2.24, 2.45) is 0 Å². The Bertz CT molecular complexity index is 238. The van der Waals surface area contributed by atoms with Crippen LogP contribution in [0.25, 0.3) is 0 Å². The van der Waals surface area contributed by atoms with E-state index in [2.05, 4.69) is 12.1 Å². The molecule has 12 heavy (non-hydrogen) atoms. The van der Waals surface area contributed by atoms with Crippen molar-refractivity contribution in [3.8, 4) is 0 Å². The molecule has 1 unspecified atom stereocenters. The third-order valence-corrected chi connectivity index (χ3v) is 4.35. The number of rotatable bonds is 4. The van der Waals surface area contributed by atoms with Crippen LogP contribution in [0.2, 0.25) is 5.32 Å². The molecule has 0 saturated heterocycles. The Labute approximate surface area is 83.3 Å². The normalized spacial score (nSPS) is 12.4. The molecule has 0 aliphatic rings. The Morgan fingerprint density at radius 2 is 2.08 bits per heavy atom. The van der Waals surface area contributed by atoms with Crippen molar-refractivity contribution in [3.63, 3.8) is 0 Å². The number of halogens is 1. The van der Waals surface area contributed by atoms with Crippen LogP contribution >= 0.6 is 11.6 Å². The van der Waals surface area contributed by atoms with E-state index in [9.17, 15) is 4.79 Å². The Balaban J connectivity index is 2.38. The second-order valence-electron chi connectivity index (χ2n) is 2.28. The van der Waals surface area contributed by atoms with Gasteiger partial charge in [-0.25, -0.2) is 0 Å². The van der Waals surface area contributed by atoms with Crippen LogP contribution in [0.15, 0.2) is 30.3 Å². The van der Waals surface area contributed by atoms with E-state index >= 15 is 0 Å². The Hall–Kier alpha value is -0.301. The molecule has 1 nitrogen and oxygen atoms in total. The van der Waals surface area contributed by atoms with E-state index in [-0.39, 0.29) is 5.38 Å². The molecule has 0 bridgehead atoms. The first-order valence-electron chi connectivity index (χ1n) is 3.60. The summed E-state index contributed by atoms with van der Waals surface area (Å²) in [7, 11) is 0. The molecule has 1 rings (SSSR count). The average molecular weight is 248 g/mol. The van der Waals surface area contributed by atoms with Crippen molar-refractivity contribution in [2.45, 2.75) is 10.7 Å². The number of alkyl halides is 1. The predicted octanol–water partition coefficient (Wildman–Crippen LogP) is 1.24. The van der Waals surface area contributed by atoms with E-state index in [1.807, 2.05) is 18.2 Å². The average Bonchev–Trinajstić information content (AvgIpc) is 2.16. The summed E-state index contributed by atoms with van der Waals surface area (Å²) in [6.45, 7) is 0. The van der Waals surface area contributed by atoms with Gasteiger partial charge in [-0.3, -0.25) is 0 Å². The van der Waals surface area contributed by atoms with Crippen molar-refractivity contribution >= 4 is 37.3 Å². The molecule has 0 saturated carbocycles. The van der Waals surface area contributed by atoms with Crippen molar-refractivity contribution in [1.82, 2.24) is 0 Å². The van der Waals surface area contributed by atoms with Gasteiger partial charge in [0.2, 0.25) is 0 Å². The van der Waals surface area contributed by atoms with Gasteiger partial charge in [-0.05, 0) is 0 Å². The van der Waals surface area contributed by atoms with Crippen LogP contribution in [0.3, 0.4) is 0 Å². The molecular weight excluding hydrogens is 239 g/mol. The summed E-state index contributed by atoms with van der Waals surface area (Å²) < 4.78 is 1.29. The van der Waals surface area contributed by atoms with Gasteiger partial charge in [-0.2, -0.15) is 0 Å². The monoisotopic (exact) mass is 248 g/mol. The molecule has 0 aliphatic heterocycles. The summed E-state index contributed by atoms with van der Waals surface area (Å²) in [5, 5.41) is 0.465. The second kappa shape index (κ2) is 5.36. The van der Waals surface area contributed by atoms with Crippen LogP contribution in [0.4, 0.5) is 0 Å². The molecule has 0 N–H and O–H groups in total. The van der Waals surface area contributed by atoms with Crippen LogP contribution in [-0.4, -0.2) is 26.6 Å². The van der Waals surface area contributed by atoms with Crippen LogP contribution in [0.5, 0.6) is 0 Å². The molecule has 0 spiro atoms. The fourth-order valence-corrected chi connectivity index (χ4v) is 2.70. The summed E-state index contributed by atoms with van der Waals surface area (Å²) in [6, 6.07) is 10.1. The quantitative estimate of drug-likeness (QED) is 0.445. The Morgan fingerprint density at radius 1 is 1.42 bits per heavy atom. The van der Waals surface area contributed by atoms with Gasteiger partial charge in [-0.15, -0.1) is 0 Å². The van der Waals surface area contributed by atoms with Crippen LogP contribution in [0, 0.1) is 0 Å². The van der Waals surface area contributed by atoms with E-state index in [1.165, 1.54) is 4.46 Å². The fourth-order valence-electron chi connectivity index (χ4n) is 0.732. The molecule has 3 heteroatoms. The molecule has 0 heterocycles. The van der Waals surface area contributed by atoms with Crippen molar-refractivity contribution in [2.75, 3.05) is 0 Å². The first-order chi connectivity index (χ1) is 5.83. The summed E-state index contributed by atoms with van der Waals surface area (Å²) in [5.74, 6) is 0. The van der Waals surface area contributed by atoms with Gasteiger partial charge >= 0.3 is 83.1 Å². The number of hydrogen-bond acceptors (Lipinski definition) is 1. The maximum absolute atomic E-state index is 10.2. The minimum atomic E-state index is -0.315. The Kier molecular flexibility index (Phi) is 4.37. The molecule has 0 amide bonds. The molecule has 0 aliphatic carbocycles. The van der Waals surface area contributed by atoms with Crippen LogP contribution in [0.1, 0.15) is 0 Å². The fraction of sp³-hybridized carbons (Fsp3) is 0.222. The van der Waals surface area contributed by atoms with Gasteiger partial charge in [0.05, 0.1) is 0 Å². The standard InChI is InChI=1S/C9H9ClOSe/c10-8(6-11)7-12-9-4-2-1-3-5-9/h1-6,8H,7H2. The third-order valence-electron chi connectivity index (χ3n) is 1.30. The predicted molar refractivity (Wildman–Crippen MR) is 52.3 cm³/mol. The van der Waals surface area contributed by atoms with Gasteiger partial charge in [0.15, 0.2) is 0 Å². The zero-order valence-corrected chi connectivity index (χ0v) is 8.91. The van der Waals surface area contributed by atoms with E-state index in [1.54, 1.807) is 0 Å². The van der Waals surface area contributed by atoms with E-state index in [0.29, 0.717) is 15.0 Å². The van der Waals surface area contributed by atoms with Gasteiger partial charge < -0.3 is 0 Å². The van der Waals surface area contributed by atoms with E-state index < -0.39 is 0 Å². The number of carbonyl (C=O) groups is 1. The van der Waals surface area contributed by atoms with Crippen molar-refractivity contribution in [1.29, 1.82) is 0 Å². The summed E-state index contributed by atoms with van der Waals surface area (Å²) >= 11 is 5.99. The number of hydrogen-bond donors (Lipinski definition) is 0.